The summed E-state index contributed by atoms with van der Waals surface area (Å²) in [5, 5.41) is 15.0. The Morgan fingerprint density at radius 2 is 1.97 bits per heavy atom. The van der Waals surface area contributed by atoms with Crippen LogP contribution in [0.5, 0.6) is 0 Å². The Labute approximate surface area is 181 Å². The van der Waals surface area contributed by atoms with E-state index < -0.39 is 5.92 Å². The molecule has 1 aromatic heterocycles. The van der Waals surface area contributed by atoms with Crippen molar-refractivity contribution in [2.24, 2.45) is 5.92 Å². The van der Waals surface area contributed by atoms with Crippen molar-refractivity contribution in [3.05, 3.63) is 53.0 Å². The number of amides is 2. The number of nitrogens with zero attached hydrogens (tertiary/aromatic N) is 5. The van der Waals surface area contributed by atoms with Gasteiger partial charge in [-0.1, -0.05) is 24.3 Å². The van der Waals surface area contributed by atoms with Crippen molar-refractivity contribution in [1.29, 1.82) is 0 Å². The molecule has 1 atom stereocenters. The van der Waals surface area contributed by atoms with E-state index in [1.807, 2.05) is 53.2 Å². The second-order valence-electron chi connectivity index (χ2n) is 7.61. The molecule has 152 valence electrons. The van der Waals surface area contributed by atoms with Crippen LogP contribution < -0.4 is 10.2 Å². The van der Waals surface area contributed by atoms with Crippen LogP contribution in [0, 0.1) is 5.92 Å². The van der Waals surface area contributed by atoms with E-state index in [1.165, 1.54) is 0 Å². The number of hydrogen-bond donors (Lipinski definition) is 1. The van der Waals surface area contributed by atoms with E-state index in [0.29, 0.717) is 24.1 Å². The van der Waals surface area contributed by atoms with Gasteiger partial charge in [-0.05, 0) is 63.5 Å². The van der Waals surface area contributed by atoms with Crippen LogP contribution in [0.2, 0.25) is 0 Å². The Balaban J connectivity index is 1.31. The van der Waals surface area contributed by atoms with Crippen molar-refractivity contribution >= 4 is 39.1 Å². The summed E-state index contributed by atoms with van der Waals surface area (Å²) in [6.07, 6.45) is 2.35. The zero-order chi connectivity index (χ0) is 20.7. The van der Waals surface area contributed by atoms with Crippen LogP contribution in [0.3, 0.4) is 0 Å². The number of hydrogen-bond acceptors (Lipinski definition) is 5. The van der Waals surface area contributed by atoms with E-state index in [4.69, 9.17) is 0 Å². The molecule has 0 bridgehead atoms. The lowest BCUT2D eigenvalue weighted by molar-refractivity contribution is -0.122. The minimum atomic E-state index is -0.412. The van der Waals surface area contributed by atoms with E-state index in [9.17, 15) is 9.59 Å². The molecular weight excluding hydrogens is 448 g/mol. The number of anilines is 2. The van der Waals surface area contributed by atoms with Crippen molar-refractivity contribution in [2.75, 3.05) is 16.8 Å². The lowest BCUT2D eigenvalue weighted by atomic mass is 10.1. The van der Waals surface area contributed by atoms with Gasteiger partial charge in [0.05, 0.1) is 17.6 Å². The first-order valence-corrected chi connectivity index (χ1v) is 10.6. The Hall–Kier alpha value is -3.07. The molecule has 2 aliphatic rings. The third-order valence-corrected chi connectivity index (χ3v) is 6.08. The highest BCUT2D eigenvalue weighted by molar-refractivity contribution is 9.10. The smallest absolute Gasteiger partial charge is 0.229 e. The fraction of sp³-hybridized carbons (Fsp3) is 0.286. The molecule has 8 nitrogen and oxygen atoms in total. The second-order valence-corrected chi connectivity index (χ2v) is 8.46. The third kappa shape index (κ3) is 3.60. The predicted molar refractivity (Wildman–Crippen MR) is 115 cm³/mol. The molecule has 2 aromatic carbocycles. The molecule has 1 unspecified atom stereocenters. The van der Waals surface area contributed by atoms with Crippen LogP contribution in [0.1, 0.15) is 25.3 Å². The lowest BCUT2D eigenvalue weighted by Gasteiger charge is -2.18. The van der Waals surface area contributed by atoms with E-state index in [-0.39, 0.29) is 18.2 Å². The molecule has 1 N–H and O–H groups in total. The van der Waals surface area contributed by atoms with Crippen LogP contribution in [-0.2, 0) is 9.59 Å². The summed E-state index contributed by atoms with van der Waals surface area (Å²) in [5.41, 5.74) is 2.29. The number of carbonyl (C=O) groups is 2. The van der Waals surface area contributed by atoms with Gasteiger partial charge in [0.15, 0.2) is 5.82 Å². The van der Waals surface area contributed by atoms with Crippen molar-refractivity contribution in [3.8, 4) is 11.4 Å². The Morgan fingerprint density at radius 3 is 2.77 bits per heavy atom. The number of carbonyl (C=O) groups excluding carboxylic acids is 2. The number of tetrazole rings is 1. The van der Waals surface area contributed by atoms with Gasteiger partial charge in [-0.3, -0.25) is 9.59 Å². The van der Waals surface area contributed by atoms with Crippen LogP contribution >= 0.6 is 15.9 Å². The fourth-order valence-electron chi connectivity index (χ4n) is 3.72. The molecule has 0 spiro atoms. The van der Waals surface area contributed by atoms with Crippen molar-refractivity contribution in [2.45, 2.75) is 25.3 Å². The van der Waals surface area contributed by atoms with Gasteiger partial charge in [0.2, 0.25) is 11.8 Å². The first kappa shape index (κ1) is 18.9. The van der Waals surface area contributed by atoms with Gasteiger partial charge in [0, 0.05) is 28.7 Å². The minimum absolute atomic E-state index is 0.0561. The summed E-state index contributed by atoms with van der Waals surface area (Å²) in [7, 11) is 0. The number of nitrogens with one attached hydrogen (secondary N) is 1. The molecular formula is C21H19BrN6O2. The van der Waals surface area contributed by atoms with E-state index in [1.54, 1.807) is 4.90 Å². The fourth-order valence-corrected chi connectivity index (χ4v) is 4.21. The van der Waals surface area contributed by atoms with Crippen LogP contribution in [0.15, 0.2) is 53.0 Å². The predicted octanol–water partition coefficient (Wildman–Crippen LogP) is 3.43. The SMILES string of the molecule is O=C(Nc1cccc(-c2nnnn2C2CC2)c1)C1CC(=O)N(c2ccccc2Br)C1. The summed E-state index contributed by atoms with van der Waals surface area (Å²) < 4.78 is 2.67. The third-order valence-electron chi connectivity index (χ3n) is 5.41. The average Bonchev–Trinajstić information content (AvgIpc) is 3.34. The van der Waals surface area contributed by atoms with Gasteiger partial charge in [-0.25, -0.2) is 4.68 Å². The summed E-state index contributed by atoms with van der Waals surface area (Å²) in [6.45, 7) is 0.354. The normalized spacial score (nSPS) is 18.6. The van der Waals surface area contributed by atoms with Gasteiger partial charge < -0.3 is 10.2 Å². The van der Waals surface area contributed by atoms with Gasteiger partial charge in [0.25, 0.3) is 0 Å². The van der Waals surface area contributed by atoms with E-state index in [2.05, 4.69) is 36.8 Å². The molecule has 2 amide bonds. The summed E-state index contributed by atoms with van der Waals surface area (Å²) in [6, 6.07) is 15.4. The van der Waals surface area contributed by atoms with E-state index >= 15 is 0 Å². The molecule has 9 heteroatoms. The lowest BCUT2D eigenvalue weighted by Crippen LogP contribution is -2.28. The average molecular weight is 467 g/mol. The van der Waals surface area contributed by atoms with Gasteiger partial charge in [-0.15, -0.1) is 5.10 Å². The molecule has 30 heavy (non-hydrogen) atoms. The molecule has 2 fully saturated rings. The standard InChI is InChI=1S/C21H19BrN6O2/c22-17-6-1-2-7-18(17)27-12-14(11-19(27)29)21(30)23-15-5-3-4-13(10-15)20-24-25-26-28(20)16-8-9-16/h1-7,10,14,16H,8-9,11-12H2,(H,23,30). The molecule has 1 saturated heterocycles. The molecule has 3 aromatic rings. The number of aromatic nitrogens is 4. The number of benzene rings is 2. The maximum atomic E-state index is 12.9. The molecule has 1 aliphatic carbocycles. The largest absolute Gasteiger partial charge is 0.326 e. The van der Waals surface area contributed by atoms with Crippen molar-refractivity contribution in [3.63, 3.8) is 0 Å². The van der Waals surface area contributed by atoms with Crippen LogP contribution in [-0.4, -0.2) is 38.6 Å². The van der Waals surface area contributed by atoms with Crippen LogP contribution in [0.4, 0.5) is 11.4 Å². The Morgan fingerprint density at radius 1 is 1.13 bits per heavy atom. The van der Waals surface area contributed by atoms with E-state index in [0.717, 1.165) is 28.6 Å². The first-order valence-electron chi connectivity index (χ1n) is 9.84. The second kappa shape index (κ2) is 7.64. The first-order chi connectivity index (χ1) is 14.6. The molecule has 2 heterocycles. The topological polar surface area (TPSA) is 93.0 Å². The molecule has 1 saturated carbocycles. The van der Waals surface area contributed by atoms with Crippen molar-refractivity contribution < 1.29 is 9.59 Å². The monoisotopic (exact) mass is 466 g/mol. The maximum Gasteiger partial charge on any atom is 0.229 e. The number of para-hydroxylation sites is 1. The van der Waals surface area contributed by atoms with Gasteiger partial charge >= 0.3 is 0 Å². The van der Waals surface area contributed by atoms with Gasteiger partial charge in [-0.2, -0.15) is 0 Å². The van der Waals surface area contributed by atoms with Crippen molar-refractivity contribution in [1.82, 2.24) is 20.2 Å². The molecule has 5 rings (SSSR count). The Kier molecular flexibility index (Phi) is 4.82. The highest BCUT2D eigenvalue weighted by atomic mass is 79.9. The van der Waals surface area contributed by atoms with Crippen LogP contribution in [0.25, 0.3) is 11.4 Å². The highest BCUT2D eigenvalue weighted by Crippen LogP contribution is 2.37. The number of rotatable bonds is 5. The Bertz CT molecular complexity index is 1130. The summed E-state index contributed by atoms with van der Waals surface area (Å²) in [4.78, 5) is 27.0. The maximum absolute atomic E-state index is 12.9. The minimum Gasteiger partial charge on any atom is -0.326 e. The highest BCUT2D eigenvalue weighted by Gasteiger charge is 2.36. The quantitative estimate of drug-likeness (QED) is 0.621. The zero-order valence-electron chi connectivity index (χ0n) is 16.0. The summed E-state index contributed by atoms with van der Waals surface area (Å²) in [5.74, 6) is 0.0611. The molecule has 0 radical (unpaired) electrons. The van der Waals surface area contributed by atoms with Gasteiger partial charge in [0.1, 0.15) is 0 Å². The molecule has 1 aliphatic heterocycles. The number of halogens is 1. The summed E-state index contributed by atoms with van der Waals surface area (Å²) >= 11 is 3.48. The zero-order valence-corrected chi connectivity index (χ0v) is 17.6.